The molecule has 0 bridgehead atoms. The molecule has 0 spiro atoms. The minimum Gasteiger partial charge on any atom is -0.468 e. The molecule has 0 aliphatic carbocycles. The van der Waals surface area contributed by atoms with Gasteiger partial charge in [-0.05, 0) is 25.2 Å². The van der Waals surface area contributed by atoms with Crippen molar-refractivity contribution in [2.45, 2.75) is 59.0 Å². The van der Waals surface area contributed by atoms with Gasteiger partial charge in [0.25, 0.3) is 0 Å². The Kier molecular flexibility index (Phi) is 9.21. The fourth-order valence-electron chi connectivity index (χ4n) is 1.86. The number of esters is 1. The molecule has 0 rings (SSSR count). The van der Waals surface area contributed by atoms with E-state index in [4.69, 9.17) is 4.74 Å². The molecule has 19 heavy (non-hydrogen) atoms. The van der Waals surface area contributed by atoms with Crippen LogP contribution in [-0.4, -0.2) is 37.6 Å². The third kappa shape index (κ3) is 7.82. The van der Waals surface area contributed by atoms with E-state index in [9.17, 15) is 9.59 Å². The van der Waals surface area contributed by atoms with E-state index in [2.05, 4.69) is 10.6 Å². The number of carbonyl (C=O) groups excluding carboxylic acids is 2. The molecule has 0 radical (unpaired) electrons. The predicted octanol–water partition coefficient (Wildman–Crippen LogP) is 1.47. The summed E-state index contributed by atoms with van der Waals surface area (Å²) in [4.78, 5) is 23.3. The van der Waals surface area contributed by atoms with E-state index >= 15 is 0 Å². The number of hydrogen-bond acceptors (Lipinski definition) is 4. The topological polar surface area (TPSA) is 67.4 Å². The molecule has 2 N–H and O–H groups in total. The third-order valence-electron chi connectivity index (χ3n) is 3.05. The molecular weight excluding hydrogens is 244 g/mol. The van der Waals surface area contributed by atoms with Gasteiger partial charge >= 0.3 is 5.97 Å². The van der Waals surface area contributed by atoms with Gasteiger partial charge in [-0.2, -0.15) is 0 Å². The number of amides is 1. The molecule has 0 aromatic carbocycles. The summed E-state index contributed by atoms with van der Waals surface area (Å²) in [6.07, 6.45) is 2.48. The molecule has 0 heterocycles. The highest BCUT2D eigenvalue weighted by Crippen LogP contribution is 2.06. The Balaban J connectivity index is 4.23. The number of nitrogens with one attached hydrogen (secondary N) is 2. The lowest BCUT2D eigenvalue weighted by atomic mass is 10.0. The van der Waals surface area contributed by atoms with E-state index in [1.54, 1.807) is 0 Å². The van der Waals surface area contributed by atoms with Gasteiger partial charge in [0.1, 0.15) is 6.04 Å². The van der Waals surface area contributed by atoms with Gasteiger partial charge < -0.3 is 10.1 Å². The average molecular weight is 272 g/mol. The first-order valence-electron chi connectivity index (χ1n) is 7.05. The first-order valence-corrected chi connectivity index (χ1v) is 7.05. The number of rotatable bonds is 9. The zero-order valence-electron chi connectivity index (χ0n) is 12.8. The fraction of sp³-hybridized carbons (Fsp3) is 0.857. The van der Waals surface area contributed by atoms with Crippen molar-refractivity contribution in [3.05, 3.63) is 0 Å². The molecule has 0 aromatic rings. The van der Waals surface area contributed by atoms with Crippen molar-refractivity contribution in [3.63, 3.8) is 0 Å². The summed E-state index contributed by atoms with van der Waals surface area (Å²) in [5.41, 5.74) is 0. The maximum absolute atomic E-state index is 11.7. The van der Waals surface area contributed by atoms with Gasteiger partial charge in [0.15, 0.2) is 0 Å². The van der Waals surface area contributed by atoms with Gasteiger partial charge in [-0.25, -0.2) is 0 Å². The standard InChI is InChI=1S/C14H28N2O3/c1-6-11(7-2)16-13(17)9-15-12(8-10(3)4)14(18)19-5/h10-12,15H,6-9H2,1-5H3,(H,16,17). The zero-order valence-corrected chi connectivity index (χ0v) is 12.8. The Morgan fingerprint density at radius 2 is 1.74 bits per heavy atom. The van der Waals surface area contributed by atoms with Crippen molar-refractivity contribution in [2.75, 3.05) is 13.7 Å². The SMILES string of the molecule is CCC(CC)NC(=O)CNC(CC(C)C)C(=O)OC. The van der Waals surface area contributed by atoms with Gasteiger partial charge in [0.2, 0.25) is 5.91 Å². The van der Waals surface area contributed by atoms with Gasteiger partial charge in [0.05, 0.1) is 13.7 Å². The number of hydrogen-bond donors (Lipinski definition) is 2. The van der Waals surface area contributed by atoms with E-state index in [0.717, 1.165) is 12.8 Å². The Bertz CT molecular complexity index is 276. The third-order valence-corrected chi connectivity index (χ3v) is 3.05. The minimum atomic E-state index is -0.419. The van der Waals surface area contributed by atoms with Crippen LogP contribution in [0.4, 0.5) is 0 Å². The number of ether oxygens (including phenoxy) is 1. The van der Waals surface area contributed by atoms with Crippen LogP contribution < -0.4 is 10.6 Å². The summed E-state index contributed by atoms with van der Waals surface area (Å²) in [5, 5.41) is 5.90. The van der Waals surface area contributed by atoms with Gasteiger partial charge in [-0.3, -0.25) is 14.9 Å². The van der Waals surface area contributed by atoms with Crippen LogP contribution in [0.3, 0.4) is 0 Å². The highest BCUT2D eigenvalue weighted by atomic mass is 16.5. The van der Waals surface area contributed by atoms with Crippen LogP contribution in [0.5, 0.6) is 0 Å². The summed E-state index contributed by atoms with van der Waals surface area (Å²) in [6.45, 7) is 8.28. The van der Waals surface area contributed by atoms with E-state index in [-0.39, 0.29) is 24.5 Å². The molecule has 5 nitrogen and oxygen atoms in total. The Morgan fingerprint density at radius 1 is 1.16 bits per heavy atom. The van der Waals surface area contributed by atoms with Gasteiger partial charge in [-0.1, -0.05) is 27.7 Å². The van der Waals surface area contributed by atoms with Crippen LogP contribution >= 0.6 is 0 Å². The van der Waals surface area contributed by atoms with Crippen LogP contribution in [0.15, 0.2) is 0 Å². The van der Waals surface area contributed by atoms with Crippen LogP contribution in [0.25, 0.3) is 0 Å². The monoisotopic (exact) mass is 272 g/mol. The van der Waals surface area contributed by atoms with Crippen molar-refractivity contribution >= 4 is 11.9 Å². The first-order chi connectivity index (χ1) is 8.94. The normalized spacial score (nSPS) is 12.6. The minimum absolute atomic E-state index is 0.0774. The van der Waals surface area contributed by atoms with Gasteiger partial charge in [-0.15, -0.1) is 0 Å². The lowest BCUT2D eigenvalue weighted by molar-refractivity contribution is -0.143. The highest BCUT2D eigenvalue weighted by molar-refractivity contribution is 5.80. The Hall–Kier alpha value is -1.10. The van der Waals surface area contributed by atoms with Crippen molar-refractivity contribution in [3.8, 4) is 0 Å². The summed E-state index contributed by atoms with van der Waals surface area (Å²) in [7, 11) is 1.36. The fourth-order valence-corrected chi connectivity index (χ4v) is 1.86. The van der Waals surface area contributed by atoms with Crippen molar-refractivity contribution in [2.24, 2.45) is 5.92 Å². The molecule has 0 aliphatic heterocycles. The smallest absolute Gasteiger partial charge is 0.322 e. The van der Waals surface area contributed by atoms with E-state index in [1.807, 2.05) is 27.7 Å². The summed E-state index contributed by atoms with van der Waals surface area (Å²) in [6, 6.07) is -0.214. The molecule has 0 saturated carbocycles. The Morgan fingerprint density at radius 3 is 2.16 bits per heavy atom. The molecular formula is C14H28N2O3. The van der Waals surface area contributed by atoms with Crippen LogP contribution in [-0.2, 0) is 14.3 Å². The van der Waals surface area contributed by atoms with Crippen LogP contribution in [0.2, 0.25) is 0 Å². The molecule has 0 aliphatic rings. The largest absolute Gasteiger partial charge is 0.468 e. The van der Waals surface area contributed by atoms with Gasteiger partial charge in [0, 0.05) is 6.04 Å². The lowest BCUT2D eigenvalue weighted by Gasteiger charge is -2.19. The van der Waals surface area contributed by atoms with E-state index in [1.165, 1.54) is 7.11 Å². The van der Waals surface area contributed by atoms with Crippen molar-refractivity contribution in [1.29, 1.82) is 0 Å². The van der Waals surface area contributed by atoms with Crippen LogP contribution in [0, 0.1) is 5.92 Å². The Labute approximate surface area is 116 Å². The summed E-state index contributed by atoms with van der Waals surface area (Å²) >= 11 is 0. The molecule has 0 saturated heterocycles. The highest BCUT2D eigenvalue weighted by Gasteiger charge is 2.21. The second-order valence-electron chi connectivity index (χ2n) is 5.17. The van der Waals surface area contributed by atoms with E-state index < -0.39 is 6.04 Å². The molecule has 1 atom stereocenters. The van der Waals surface area contributed by atoms with Crippen molar-refractivity contribution in [1.82, 2.24) is 10.6 Å². The molecule has 1 unspecified atom stereocenters. The summed E-state index contributed by atoms with van der Waals surface area (Å²) < 4.78 is 4.74. The lowest BCUT2D eigenvalue weighted by Crippen LogP contribution is -2.46. The number of carbonyl (C=O) groups is 2. The summed E-state index contributed by atoms with van der Waals surface area (Å²) in [5.74, 6) is -0.0333. The second-order valence-corrected chi connectivity index (χ2v) is 5.17. The van der Waals surface area contributed by atoms with Crippen LogP contribution in [0.1, 0.15) is 47.0 Å². The molecule has 0 aromatic heterocycles. The molecule has 112 valence electrons. The first kappa shape index (κ1) is 17.9. The quantitative estimate of drug-likeness (QED) is 0.624. The maximum atomic E-state index is 11.7. The molecule has 0 fully saturated rings. The average Bonchev–Trinajstić information content (AvgIpc) is 2.39. The molecule has 5 heteroatoms. The maximum Gasteiger partial charge on any atom is 0.322 e. The second kappa shape index (κ2) is 9.78. The number of methoxy groups -OCH3 is 1. The predicted molar refractivity (Wildman–Crippen MR) is 75.8 cm³/mol. The van der Waals surface area contributed by atoms with E-state index in [0.29, 0.717) is 12.3 Å². The zero-order chi connectivity index (χ0) is 14.8. The molecule has 1 amide bonds. The van der Waals surface area contributed by atoms with Crippen molar-refractivity contribution < 1.29 is 14.3 Å².